The predicted molar refractivity (Wildman–Crippen MR) is 117 cm³/mol. The van der Waals surface area contributed by atoms with Crippen LogP contribution in [-0.2, 0) is 11.3 Å². The number of nitrogens with zero attached hydrogens (tertiary/aromatic N) is 4. The quantitative estimate of drug-likeness (QED) is 0.674. The average Bonchev–Trinajstić information content (AvgIpc) is 3.43. The molecule has 0 atom stereocenters. The van der Waals surface area contributed by atoms with Crippen LogP contribution in [0.5, 0.6) is 5.75 Å². The Morgan fingerprint density at radius 3 is 2.83 bits per heavy atom. The number of fused-ring (bicyclic) bond motifs is 1. The first kappa shape index (κ1) is 19.3. The summed E-state index contributed by atoms with van der Waals surface area (Å²) in [6.07, 6.45) is 10.6. The second-order valence-electron chi connectivity index (χ2n) is 8.15. The Kier molecular flexibility index (Phi) is 5.55. The summed E-state index contributed by atoms with van der Waals surface area (Å²) >= 11 is 0. The number of anilines is 1. The van der Waals surface area contributed by atoms with Crippen LogP contribution in [0.3, 0.4) is 0 Å². The normalized spacial score (nSPS) is 18.2. The van der Waals surface area contributed by atoms with Crippen molar-refractivity contribution >= 4 is 11.5 Å². The first-order valence-corrected chi connectivity index (χ1v) is 10.9. The first-order valence-electron chi connectivity index (χ1n) is 10.9. The van der Waals surface area contributed by atoms with Gasteiger partial charge in [-0.15, -0.1) is 0 Å². The van der Waals surface area contributed by atoms with Gasteiger partial charge in [0.2, 0.25) is 0 Å². The lowest BCUT2D eigenvalue weighted by atomic mass is 10.1. The number of hydrogen-bond donors (Lipinski definition) is 1. The van der Waals surface area contributed by atoms with Crippen LogP contribution in [0.2, 0.25) is 0 Å². The number of imidazole rings is 1. The summed E-state index contributed by atoms with van der Waals surface area (Å²) < 4.78 is 13.3. The van der Waals surface area contributed by atoms with Gasteiger partial charge in [-0.3, -0.25) is 14.3 Å². The fourth-order valence-corrected chi connectivity index (χ4v) is 4.56. The van der Waals surface area contributed by atoms with Gasteiger partial charge < -0.3 is 14.8 Å². The number of benzene rings is 1. The highest BCUT2D eigenvalue weighted by molar-refractivity contribution is 5.77. The molecule has 1 aliphatic carbocycles. The molecule has 1 aromatic carbocycles. The van der Waals surface area contributed by atoms with Crippen LogP contribution < -0.4 is 10.1 Å². The minimum absolute atomic E-state index is 0.503. The molecule has 7 heteroatoms. The van der Waals surface area contributed by atoms with Crippen molar-refractivity contribution in [2.75, 3.05) is 38.7 Å². The summed E-state index contributed by atoms with van der Waals surface area (Å²) in [5.41, 5.74) is 4.11. The number of methoxy groups -OCH3 is 1. The van der Waals surface area contributed by atoms with Crippen molar-refractivity contribution in [2.24, 2.45) is 0 Å². The van der Waals surface area contributed by atoms with Crippen molar-refractivity contribution in [1.82, 2.24) is 19.3 Å². The highest BCUT2D eigenvalue weighted by atomic mass is 16.5. The van der Waals surface area contributed by atoms with E-state index in [-0.39, 0.29) is 0 Å². The molecule has 1 saturated heterocycles. The lowest BCUT2D eigenvalue weighted by Gasteiger charge is -2.27. The molecule has 0 radical (unpaired) electrons. The molecule has 3 aromatic rings. The molecule has 3 heterocycles. The van der Waals surface area contributed by atoms with Crippen molar-refractivity contribution in [3.05, 3.63) is 42.4 Å². The molecule has 0 amide bonds. The highest BCUT2D eigenvalue weighted by Crippen LogP contribution is 2.34. The molecule has 0 spiro atoms. The summed E-state index contributed by atoms with van der Waals surface area (Å²) in [6, 6.07) is 6.90. The molecule has 30 heavy (non-hydrogen) atoms. The van der Waals surface area contributed by atoms with Crippen LogP contribution >= 0.6 is 0 Å². The zero-order chi connectivity index (χ0) is 20.3. The monoisotopic (exact) mass is 407 g/mol. The van der Waals surface area contributed by atoms with E-state index in [9.17, 15) is 0 Å². The van der Waals surface area contributed by atoms with Gasteiger partial charge in [0.05, 0.1) is 26.5 Å². The molecule has 0 unspecified atom stereocenters. The third-order valence-corrected chi connectivity index (χ3v) is 6.18. The number of ether oxygens (including phenoxy) is 2. The largest absolute Gasteiger partial charge is 0.496 e. The Morgan fingerprint density at radius 2 is 2.03 bits per heavy atom. The maximum atomic E-state index is 5.67. The van der Waals surface area contributed by atoms with Crippen LogP contribution in [0.1, 0.15) is 31.2 Å². The Labute approximate surface area is 177 Å². The molecule has 2 aromatic heterocycles. The lowest BCUT2D eigenvalue weighted by molar-refractivity contribution is 0.0339. The van der Waals surface area contributed by atoms with Crippen LogP contribution in [-0.4, -0.2) is 58.7 Å². The topological polar surface area (TPSA) is 63.9 Å². The third kappa shape index (κ3) is 3.87. The molecule has 5 rings (SSSR count). The Morgan fingerprint density at radius 1 is 1.20 bits per heavy atom. The molecule has 2 aliphatic rings. The Balaban J connectivity index is 1.53. The maximum Gasteiger partial charge on any atom is 0.157 e. The van der Waals surface area contributed by atoms with Gasteiger partial charge in [-0.1, -0.05) is 12.8 Å². The van der Waals surface area contributed by atoms with Crippen molar-refractivity contribution in [3.63, 3.8) is 0 Å². The second kappa shape index (κ2) is 8.62. The van der Waals surface area contributed by atoms with Crippen molar-refractivity contribution < 1.29 is 9.47 Å². The summed E-state index contributed by atoms with van der Waals surface area (Å²) in [7, 11) is 1.74. The number of rotatable bonds is 6. The van der Waals surface area contributed by atoms with E-state index in [1.807, 2.05) is 18.6 Å². The van der Waals surface area contributed by atoms with Crippen LogP contribution in [0.25, 0.3) is 16.9 Å². The zero-order valence-electron chi connectivity index (χ0n) is 17.5. The van der Waals surface area contributed by atoms with Gasteiger partial charge in [-0.25, -0.2) is 4.98 Å². The molecule has 7 nitrogen and oxygen atoms in total. The lowest BCUT2D eigenvalue weighted by Crippen LogP contribution is -2.35. The molecular formula is C23H29N5O2. The van der Waals surface area contributed by atoms with E-state index >= 15 is 0 Å². The number of nitrogens with one attached hydrogen (secondary N) is 1. The van der Waals surface area contributed by atoms with E-state index in [1.54, 1.807) is 7.11 Å². The van der Waals surface area contributed by atoms with E-state index < -0.39 is 0 Å². The number of hydrogen-bond acceptors (Lipinski definition) is 6. The van der Waals surface area contributed by atoms with Gasteiger partial charge in [-0.2, -0.15) is 0 Å². The van der Waals surface area contributed by atoms with Gasteiger partial charge in [0, 0.05) is 49.2 Å². The number of aromatic nitrogens is 3. The summed E-state index contributed by atoms with van der Waals surface area (Å²) in [4.78, 5) is 11.6. The van der Waals surface area contributed by atoms with E-state index in [2.05, 4.69) is 37.8 Å². The van der Waals surface area contributed by atoms with Gasteiger partial charge in [0.15, 0.2) is 5.65 Å². The van der Waals surface area contributed by atoms with Crippen molar-refractivity contribution in [3.8, 4) is 17.0 Å². The van der Waals surface area contributed by atoms with Crippen molar-refractivity contribution in [1.29, 1.82) is 0 Å². The molecule has 1 N–H and O–H groups in total. The molecule has 0 bridgehead atoms. The van der Waals surface area contributed by atoms with E-state index in [1.165, 1.54) is 31.2 Å². The number of morpholine rings is 1. The smallest absolute Gasteiger partial charge is 0.157 e. The van der Waals surface area contributed by atoms with Gasteiger partial charge in [0.1, 0.15) is 17.3 Å². The Hall–Kier alpha value is -2.64. The minimum atomic E-state index is 0.503. The second-order valence-corrected chi connectivity index (χ2v) is 8.15. The Bertz CT molecular complexity index is 1010. The summed E-state index contributed by atoms with van der Waals surface area (Å²) in [6.45, 7) is 4.32. The fourth-order valence-electron chi connectivity index (χ4n) is 4.56. The van der Waals surface area contributed by atoms with E-state index in [0.29, 0.717) is 6.04 Å². The highest BCUT2D eigenvalue weighted by Gasteiger charge is 2.22. The summed E-state index contributed by atoms with van der Waals surface area (Å²) in [5, 5.41) is 3.77. The SMILES string of the molecule is COc1ccc(-c2nc3cnccn3c2NC2CCCC2)cc1CN1CCOCC1. The average molecular weight is 408 g/mol. The van der Waals surface area contributed by atoms with Gasteiger partial charge >= 0.3 is 0 Å². The minimum Gasteiger partial charge on any atom is -0.496 e. The van der Waals surface area contributed by atoms with Crippen LogP contribution in [0.15, 0.2) is 36.8 Å². The molecule has 1 aliphatic heterocycles. The molecular weight excluding hydrogens is 378 g/mol. The van der Waals surface area contributed by atoms with Crippen molar-refractivity contribution in [2.45, 2.75) is 38.3 Å². The van der Waals surface area contributed by atoms with E-state index in [0.717, 1.165) is 61.3 Å². The molecule has 2 fully saturated rings. The summed E-state index contributed by atoms with van der Waals surface area (Å²) in [5.74, 6) is 1.97. The molecule has 1 saturated carbocycles. The zero-order valence-corrected chi connectivity index (χ0v) is 17.5. The van der Waals surface area contributed by atoms with Crippen LogP contribution in [0.4, 0.5) is 5.82 Å². The maximum absolute atomic E-state index is 5.67. The van der Waals surface area contributed by atoms with Gasteiger partial charge in [-0.05, 0) is 31.0 Å². The predicted octanol–water partition coefficient (Wildman–Crippen LogP) is 3.59. The van der Waals surface area contributed by atoms with E-state index in [4.69, 9.17) is 14.5 Å². The third-order valence-electron chi connectivity index (χ3n) is 6.18. The standard InChI is InChI=1S/C23H29N5O2/c1-29-20-7-6-17(14-18(20)16-27-10-12-30-13-11-27)22-23(25-19-4-2-3-5-19)28-9-8-24-15-21(28)26-22/h6-9,14-15,19,25H,2-5,10-13,16H2,1H3. The first-order chi connectivity index (χ1) is 14.8. The molecule has 158 valence electrons. The van der Waals surface area contributed by atoms with Gasteiger partial charge in [0.25, 0.3) is 0 Å². The van der Waals surface area contributed by atoms with Crippen LogP contribution in [0, 0.1) is 0 Å². The fraction of sp³-hybridized carbons (Fsp3) is 0.478.